The summed E-state index contributed by atoms with van der Waals surface area (Å²) < 4.78 is 19.6. The Bertz CT molecular complexity index is 1370. The van der Waals surface area contributed by atoms with E-state index in [2.05, 4.69) is 44.2 Å². The Morgan fingerprint density at radius 2 is 1.74 bits per heavy atom. The van der Waals surface area contributed by atoms with Gasteiger partial charge in [0.05, 0.1) is 24.9 Å². The van der Waals surface area contributed by atoms with Gasteiger partial charge in [0.15, 0.2) is 5.11 Å². The van der Waals surface area contributed by atoms with Gasteiger partial charge in [0.2, 0.25) is 0 Å². The van der Waals surface area contributed by atoms with Gasteiger partial charge in [-0.05, 0) is 97.9 Å². The normalized spacial score (nSPS) is 20.9. The number of methoxy groups -OCH3 is 1. The van der Waals surface area contributed by atoms with Crippen molar-refractivity contribution in [2.75, 3.05) is 18.6 Å². The second-order valence-electron chi connectivity index (χ2n) is 9.49. The van der Waals surface area contributed by atoms with E-state index < -0.39 is 0 Å². The van der Waals surface area contributed by atoms with Crippen molar-refractivity contribution in [1.82, 2.24) is 14.9 Å². The molecule has 2 aliphatic heterocycles. The Labute approximate surface area is 228 Å². The number of anilines is 1. The Morgan fingerprint density at radius 1 is 0.974 bits per heavy atom. The van der Waals surface area contributed by atoms with Crippen LogP contribution in [0.3, 0.4) is 0 Å². The zero-order valence-corrected chi connectivity index (χ0v) is 22.0. The summed E-state index contributed by atoms with van der Waals surface area (Å²) in [5, 5.41) is 4.22. The molecule has 0 radical (unpaired) electrons. The van der Waals surface area contributed by atoms with Crippen molar-refractivity contribution in [2.45, 2.75) is 37.6 Å². The van der Waals surface area contributed by atoms with Gasteiger partial charge in [0.25, 0.3) is 0 Å². The first-order chi connectivity index (χ1) is 18.7. The lowest BCUT2D eigenvalue weighted by Gasteiger charge is -2.29. The average molecular weight is 527 g/mol. The molecule has 3 atom stereocenters. The summed E-state index contributed by atoms with van der Waals surface area (Å²) in [7, 11) is 1.65. The van der Waals surface area contributed by atoms with Crippen molar-refractivity contribution in [3.63, 3.8) is 0 Å². The van der Waals surface area contributed by atoms with Crippen LogP contribution in [0.5, 0.6) is 17.2 Å². The number of rotatable bonds is 8. The number of nitrogens with zero attached hydrogens (tertiary/aromatic N) is 3. The summed E-state index contributed by atoms with van der Waals surface area (Å²) in [6, 6.07) is 25.7. The number of ether oxygens (including phenoxy) is 3. The van der Waals surface area contributed by atoms with Crippen LogP contribution in [0.1, 0.15) is 36.3 Å². The average Bonchev–Trinajstić information content (AvgIpc) is 3.71. The highest BCUT2D eigenvalue weighted by Gasteiger charge is 2.42. The number of hydrogen-bond acceptors (Lipinski definition) is 5. The highest BCUT2D eigenvalue weighted by atomic mass is 32.1. The van der Waals surface area contributed by atoms with Crippen LogP contribution in [-0.4, -0.2) is 34.5 Å². The topological polar surface area (TPSA) is 60.8 Å². The molecular formula is C30H30N4O3S. The summed E-state index contributed by atoms with van der Waals surface area (Å²) in [6.45, 7) is 1.66. The van der Waals surface area contributed by atoms with Crippen LogP contribution in [0.15, 0.2) is 91.3 Å². The van der Waals surface area contributed by atoms with E-state index in [-0.39, 0.29) is 18.2 Å². The summed E-state index contributed by atoms with van der Waals surface area (Å²) in [4.78, 5) is 6.87. The smallest absolute Gasteiger partial charge is 0.174 e. The maximum absolute atomic E-state index is 6.05. The molecule has 0 unspecified atom stereocenters. The van der Waals surface area contributed by atoms with Gasteiger partial charge in [-0.15, -0.1) is 0 Å². The van der Waals surface area contributed by atoms with Crippen LogP contribution in [0.2, 0.25) is 0 Å². The largest absolute Gasteiger partial charge is 0.497 e. The van der Waals surface area contributed by atoms with Gasteiger partial charge in [0, 0.05) is 36.9 Å². The van der Waals surface area contributed by atoms with Crippen molar-refractivity contribution in [2.24, 2.45) is 0 Å². The molecule has 2 aromatic heterocycles. The lowest BCUT2D eigenvalue weighted by atomic mass is 10.0. The standard InChI is InChI=1S/C30H30N4O3S/c1-35-22-13-15-24(16-14-22)37-23-11-9-21(10-12-23)34-29(28(32-30(34)38)26-7-2-3-17-31-26)27-8-4-18-33(27)20-25-6-5-19-36-25/h2-4,7-18,25,28-29H,5-6,19-20H2,1H3,(H,32,38)/t25-,28+,29+/m0/s1. The van der Waals surface area contributed by atoms with Gasteiger partial charge >= 0.3 is 0 Å². The second kappa shape index (κ2) is 10.8. The third kappa shape index (κ3) is 4.97. The van der Waals surface area contributed by atoms with Crippen LogP contribution >= 0.6 is 12.2 Å². The lowest BCUT2D eigenvalue weighted by molar-refractivity contribution is 0.0961. The van der Waals surface area contributed by atoms with Gasteiger partial charge in [-0.1, -0.05) is 6.07 Å². The summed E-state index contributed by atoms with van der Waals surface area (Å²) in [6.07, 6.45) is 6.40. The molecule has 2 aromatic carbocycles. The fraction of sp³-hybridized carbons (Fsp3) is 0.267. The predicted molar refractivity (Wildman–Crippen MR) is 151 cm³/mol. The van der Waals surface area contributed by atoms with E-state index in [1.54, 1.807) is 7.11 Å². The van der Waals surface area contributed by atoms with Gasteiger partial charge in [-0.25, -0.2) is 0 Å². The van der Waals surface area contributed by atoms with E-state index >= 15 is 0 Å². The van der Waals surface area contributed by atoms with Crippen LogP contribution in [0.25, 0.3) is 0 Å². The first-order valence-corrected chi connectivity index (χ1v) is 13.3. The molecule has 0 amide bonds. The maximum Gasteiger partial charge on any atom is 0.174 e. The minimum absolute atomic E-state index is 0.0813. The minimum Gasteiger partial charge on any atom is -0.497 e. The zero-order valence-electron chi connectivity index (χ0n) is 21.2. The summed E-state index contributed by atoms with van der Waals surface area (Å²) >= 11 is 5.91. The first-order valence-electron chi connectivity index (χ1n) is 12.9. The Morgan fingerprint density at radius 3 is 2.42 bits per heavy atom. The SMILES string of the molecule is COc1ccc(Oc2ccc(N3C(=S)N[C@H](c4ccccn4)[C@H]3c3cccn3C[C@@H]3CCCO3)cc2)cc1. The number of thiocarbonyl (C=S) groups is 1. The molecule has 6 rings (SSSR count). The van der Waals surface area contributed by atoms with Gasteiger partial charge in [0.1, 0.15) is 23.3 Å². The third-order valence-corrected chi connectivity index (χ3v) is 7.41. The van der Waals surface area contributed by atoms with Crippen molar-refractivity contribution in [1.29, 1.82) is 0 Å². The van der Waals surface area contributed by atoms with Crippen LogP contribution < -0.4 is 19.7 Å². The Hall–Kier alpha value is -3.88. The molecule has 7 nitrogen and oxygen atoms in total. The molecule has 1 N–H and O–H groups in total. The monoisotopic (exact) mass is 526 g/mol. The predicted octanol–water partition coefficient (Wildman–Crippen LogP) is 6.04. The molecule has 194 valence electrons. The van der Waals surface area contributed by atoms with Gasteiger partial charge in [-0.3, -0.25) is 4.98 Å². The number of nitrogens with one attached hydrogen (secondary N) is 1. The summed E-state index contributed by atoms with van der Waals surface area (Å²) in [5.41, 5.74) is 3.10. The maximum atomic E-state index is 6.05. The third-order valence-electron chi connectivity index (χ3n) is 7.10. The van der Waals surface area contributed by atoms with E-state index in [0.717, 1.165) is 54.6 Å². The molecule has 8 heteroatoms. The van der Waals surface area contributed by atoms with Crippen molar-refractivity contribution >= 4 is 23.0 Å². The fourth-order valence-corrected chi connectivity index (χ4v) is 5.60. The van der Waals surface area contributed by atoms with Crippen molar-refractivity contribution in [3.05, 3.63) is 103 Å². The summed E-state index contributed by atoms with van der Waals surface area (Å²) in [5.74, 6) is 2.29. The highest BCUT2D eigenvalue weighted by Crippen LogP contribution is 2.42. The Balaban J connectivity index is 1.31. The minimum atomic E-state index is -0.0999. The molecule has 2 saturated heterocycles. The van der Waals surface area contributed by atoms with E-state index in [1.807, 2.05) is 66.9 Å². The molecule has 2 fully saturated rings. The second-order valence-corrected chi connectivity index (χ2v) is 9.88. The van der Waals surface area contributed by atoms with Crippen LogP contribution in [0, 0.1) is 0 Å². The lowest BCUT2D eigenvalue weighted by Crippen LogP contribution is -2.31. The molecular weight excluding hydrogens is 496 g/mol. The molecule has 38 heavy (non-hydrogen) atoms. The number of aromatic nitrogens is 2. The molecule has 4 aromatic rings. The van der Waals surface area contributed by atoms with Crippen LogP contribution in [0.4, 0.5) is 5.69 Å². The quantitative estimate of drug-likeness (QED) is 0.281. The van der Waals surface area contributed by atoms with Gasteiger partial charge < -0.3 is 29.0 Å². The van der Waals surface area contributed by atoms with Crippen molar-refractivity contribution < 1.29 is 14.2 Å². The molecule has 0 aliphatic carbocycles. The van der Waals surface area contributed by atoms with E-state index in [9.17, 15) is 0 Å². The molecule has 2 aliphatic rings. The number of benzene rings is 2. The highest BCUT2D eigenvalue weighted by molar-refractivity contribution is 7.80. The molecule has 0 spiro atoms. The van der Waals surface area contributed by atoms with Crippen molar-refractivity contribution in [3.8, 4) is 17.2 Å². The molecule has 4 heterocycles. The van der Waals surface area contributed by atoms with E-state index in [4.69, 9.17) is 26.4 Å². The molecule has 0 bridgehead atoms. The van der Waals surface area contributed by atoms with E-state index in [0.29, 0.717) is 5.11 Å². The zero-order chi connectivity index (χ0) is 25.9. The number of pyridine rings is 1. The molecule has 0 saturated carbocycles. The van der Waals surface area contributed by atoms with Gasteiger partial charge in [-0.2, -0.15) is 0 Å². The van der Waals surface area contributed by atoms with E-state index in [1.165, 1.54) is 5.69 Å². The van der Waals surface area contributed by atoms with Crippen LogP contribution in [-0.2, 0) is 11.3 Å². The first kappa shape index (κ1) is 24.5. The fourth-order valence-electron chi connectivity index (χ4n) is 5.26. The Kier molecular flexibility index (Phi) is 6.98. The number of hydrogen-bond donors (Lipinski definition) is 1.